The van der Waals surface area contributed by atoms with Gasteiger partial charge in [0.15, 0.2) is 0 Å². The van der Waals surface area contributed by atoms with Crippen molar-refractivity contribution >= 4 is 29.2 Å². The predicted molar refractivity (Wildman–Crippen MR) is 155 cm³/mol. The van der Waals surface area contributed by atoms with Gasteiger partial charge in [-0.25, -0.2) is 4.79 Å². The van der Waals surface area contributed by atoms with Crippen LogP contribution in [-0.4, -0.2) is 45.4 Å². The van der Waals surface area contributed by atoms with E-state index in [2.05, 4.69) is 16.0 Å². The molecule has 2 aromatic carbocycles. The number of benzene rings is 2. The molecule has 0 atom stereocenters. The molecule has 202 valence electrons. The smallest absolute Gasteiger partial charge is 0.322 e. The number of amides is 3. The van der Waals surface area contributed by atoms with E-state index in [0.29, 0.717) is 19.6 Å². The fourth-order valence-corrected chi connectivity index (χ4v) is 5.34. The zero-order valence-corrected chi connectivity index (χ0v) is 23.5. The van der Waals surface area contributed by atoms with Crippen LogP contribution in [0.3, 0.4) is 0 Å². The number of likely N-dealkylation sites (N-methyl/N-ethyl adjacent to an activating group) is 1. The number of rotatable bonds is 9. The maximum Gasteiger partial charge on any atom is 0.322 e. The van der Waals surface area contributed by atoms with E-state index >= 15 is 0 Å². The summed E-state index contributed by atoms with van der Waals surface area (Å²) in [5, 5.41) is 3.71. The predicted octanol–water partition coefficient (Wildman–Crippen LogP) is 7.02. The van der Waals surface area contributed by atoms with Gasteiger partial charge in [-0.3, -0.25) is 4.79 Å². The van der Waals surface area contributed by atoms with Crippen molar-refractivity contribution in [2.75, 3.05) is 18.4 Å². The van der Waals surface area contributed by atoms with Gasteiger partial charge in [0.1, 0.15) is 6.54 Å². The van der Waals surface area contributed by atoms with Crippen molar-refractivity contribution in [1.82, 2.24) is 14.4 Å². The Hall–Kier alpha value is -3.25. The lowest BCUT2D eigenvalue weighted by Gasteiger charge is -2.36. The minimum absolute atomic E-state index is 0.0144. The lowest BCUT2D eigenvalue weighted by Crippen LogP contribution is -2.48. The van der Waals surface area contributed by atoms with Crippen LogP contribution >= 0.6 is 11.6 Å². The van der Waals surface area contributed by atoms with E-state index in [0.717, 1.165) is 53.2 Å². The Morgan fingerprint density at radius 1 is 1.00 bits per heavy atom. The van der Waals surface area contributed by atoms with Crippen molar-refractivity contribution < 1.29 is 9.59 Å². The maximum absolute atomic E-state index is 13.8. The summed E-state index contributed by atoms with van der Waals surface area (Å²) < 4.78 is 2.16. The van der Waals surface area contributed by atoms with Crippen LogP contribution in [-0.2, 0) is 17.9 Å². The molecule has 1 aliphatic carbocycles. The van der Waals surface area contributed by atoms with E-state index in [9.17, 15) is 9.59 Å². The topological polar surface area (TPSA) is 57.6 Å². The Morgan fingerprint density at radius 2 is 1.76 bits per heavy atom. The zero-order chi connectivity index (χ0) is 27.1. The van der Waals surface area contributed by atoms with Crippen molar-refractivity contribution in [1.29, 1.82) is 0 Å². The van der Waals surface area contributed by atoms with Gasteiger partial charge in [0.05, 0.1) is 6.54 Å². The molecule has 1 saturated carbocycles. The normalized spacial score (nSPS) is 13.8. The molecular formula is C31H39ClN4O2. The summed E-state index contributed by atoms with van der Waals surface area (Å²) in [7, 11) is 0. The first-order valence-electron chi connectivity index (χ1n) is 13.7. The number of nitrogens with zero attached hydrogens (tertiary/aromatic N) is 3. The first-order valence-corrected chi connectivity index (χ1v) is 14.0. The molecule has 1 N–H and O–H groups in total. The maximum atomic E-state index is 13.8. The highest BCUT2D eigenvalue weighted by Gasteiger charge is 2.28. The average Bonchev–Trinajstić information content (AvgIpc) is 3.36. The Bertz CT molecular complexity index is 1250. The summed E-state index contributed by atoms with van der Waals surface area (Å²) >= 11 is 6.43. The zero-order valence-electron chi connectivity index (χ0n) is 22.8. The third-order valence-electron chi connectivity index (χ3n) is 7.64. The molecule has 0 unspecified atom stereocenters. The molecule has 0 aliphatic heterocycles. The van der Waals surface area contributed by atoms with E-state index in [1.165, 1.54) is 12.0 Å². The summed E-state index contributed by atoms with van der Waals surface area (Å²) in [6.45, 7) is 7.63. The van der Waals surface area contributed by atoms with Gasteiger partial charge in [-0.2, -0.15) is 0 Å². The summed E-state index contributed by atoms with van der Waals surface area (Å²) in [6, 6.07) is 17.7. The van der Waals surface area contributed by atoms with Crippen LogP contribution in [0.25, 0.3) is 0 Å². The Labute approximate surface area is 231 Å². The monoisotopic (exact) mass is 534 g/mol. The highest BCUT2D eigenvalue weighted by molar-refractivity contribution is 6.31. The van der Waals surface area contributed by atoms with Crippen molar-refractivity contribution in [3.63, 3.8) is 0 Å². The van der Waals surface area contributed by atoms with Crippen molar-refractivity contribution in [3.05, 3.63) is 88.2 Å². The molecule has 3 amide bonds. The highest BCUT2D eigenvalue weighted by atomic mass is 35.5. The minimum atomic E-state index is -0.255. The third-order valence-corrected chi connectivity index (χ3v) is 8.01. The lowest BCUT2D eigenvalue weighted by atomic mass is 9.94. The van der Waals surface area contributed by atoms with Gasteiger partial charge >= 0.3 is 6.03 Å². The molecule has 1 aromatic heterocycles. The molecule has 6 nitrogen and oxygen atoms in total. The Kier molecular flexibility index (Phi) is 9.51. The summed E-state index contributed by atoms with van der Waals surface area (Å²) in [6.07, 6.45) is 7.49. The second kappa shape index (κ2) is 13.0. The number of hydrogen-bond acceptors (Lipinski definition) is 2. The fraction of sp³-hybridized carbons (Fsp3) is 0.419. The number of urea groups is 1. The number of hydrogen-bond donors (Lipinski definition) is 1. The minimum Gasteiger partial charge on any atom is -0.345 e. The van der Waals surface area contributed by atoms with E-state index in [-0.39, 0.29) is 24.5 Å². The molecule has 38 heavy (non-hydrogen) atoms. The number of nitrogens with one attached hydrogen (secondary N) is 1. The molecule has 4 rings (SSSR count). The lowest BCUT2D eigenvalue weighted by molar-refractivity contribution is -0.135. The van der Waals surface area contributed by atoms with Crippen molar-refractivity contribution in [2.24, 2.45) is 0 Å². The van der Waals surface area contributed by atoms with Crippen LogP contribution in [0.4, 0.5) is 10.5 Å². The number of aromatic nitrogens is 1. The molecule has 0 bridgehead atoms. The Morgan fingerprint density at radius 3 is 2.47 bits per heavy atom. The van der Waals surface area contributed by atoms with Crippen molar-refractivity contribution in [3.8, 4) is 0 Å². The largest absolute Gasteiger partial charge is 0.345 e. The Balaban J connectivity index is 1.49. The van der Waals surface area contributed by atoms with Crippen molar-refractivity contribution in [2.45, 2.75) is 72.0 Å². The molecule has 1 aliphatic rings. The highest BCUT2D eigenvalue weighted by Crippen LogP contribution is 2.26. The first kappa shape index (κ1) is 27.8. The summed E-state index contributed by atoms with van der Waals surface area (Å²) in [5.74, 6) is -0.0144. The number of carbonyl (C=O) groups is 2. The fourth-order valence-electron chi connectivity index (χ4n) is 5.15. The van der Waals surface area contributed by atoms with E-state index in [1.54, 1.807) is 4.90 Å². The molecule has 0 spiro atoms. The van der Waals surface area contributed by atoms with Gasteiger partial charge in [-0.05, 0) is 80.6 Å². The summed E-state index contributed by atoms with van der Waals surface area (Å²) in [5.41, 5.74) is 5.14. The standard InChI is InChI=1S/C31H39ClN4O2/c1-4-34(31(38)33-26-17-16-23(2)24(3)19-26)22-30(37)36(27-12-6-5-7-13-27)21-28-14-10-18-35(28)20-25-11-8-9-15-29(25)32/h8-11,14-19,27H,4-7,12-13,20-22H2,1-3H3,(H,33,38). The van der Waals surface area contributed by atoms with Gasteiger partial charge in [0.2, 0.25) is 5.91 Å². The first-order chi connectivity index (χ1) is 18.4. The van der Waals surface area contributed by atoms with Crippen LogP contribution < -0.4 is 5.32 Å². The SMILES string of the molecule is CCN(CC(=O)N(Cc1cccn1Cc1ccccc1Cl)C1CCCCC1)C(=O)Nc1ccc(C)c(C)c1. The number of anilines is 1. The van der Waals surface area contributed by atoms with Gasteiger partial charge in [0.25, 0.3) is 0 Å². The second-order valence-electron chi connectivity index (χ2n) is 10.3. The van der Waals surface area contributed by atoms with Gasteiger partial charge < -0.3 is 19.7 Å². The molecule has 7 heteroatoms. The quantitative estimate of drug-likeness (QED) is 0.320. The van der Waals surface area contributed by atoms with Crippen LogP contribution in [0, 0.1) is 13.8 Å². The van der Waals surface area contributed by atoms with Crippen LogP contribution in [0.15, 0.2) is 60.8 Å². The van der Waals surface area contributed by atoms with Gasteiger partial charge in [0, 0.05) is 41.7 Å². The third kappa shape index (κ3) is 6.98. The molecule has 0 radical (unpaired) electrons. The number of carbonyl (C=O) groups excluding carboxylic acids is 2. The van der Waals surface area contributed by atoms with Crippen LogP contribution in [0.2, 0.25) is 5.02 Å². The molecule has 1 fully saturated rings. The molecule has 1 heterocycles. The summed E-state index contributed by atoms with van der Waals surface area (Å²) in [4.78, 5) is 30.5. The molecular weight excluding hydrogens is 496 g/mol. The van der Waals surface area contributed by atoms with E-state index in [1.807, 2.05) is 80.4 Å². The van der Waals surface area contributed by atoms with E-state index < -0.39 is 0 Å². The second-order valence-corrected chi connectivity index (χ2v) is 10.7. The van der Waals surface area contributed by atoms with Gasteiger partial charge in [-0.1, -0.05) is 55.1 Å². The van der Waals surface area contributed by atoms with Gasteiger partial charge in [-0.15, -0.1) is 0 Å². The van der Waals surface area contributed by atoms with Crippen LogP contribution in [0.1, 0.15) is 61.4 Å². The molecule has 3 aromatic rings. The number of aryl methyl sites for hydroxylation is 2. The molecule has 0 saturated heterocycles. The number of halogens is 1. The van der Waals surface area contributed by atoms with Crippen LogP contribution in [0.5, 0.6) is 0 Å². The average molecular weight is 535 g/mol. The van der Waals surface area contributed by atoms with E-state index in [4.69, 9.17) is 11.6 Å².